The van der Waals surface area contributed by atoms with E-state index >= 15 is 0 Å². The molecule has 0 amide bonds. The van der Waals surface area contributed by atoms with Crippen molar-refractivity contribution in [1.82, 2.24) is 0 Å². The van der Waals surface area contributed by atoms with Gasteiger partial charge in [0.25, 0.3) is 0 Å². The standard InChI is InChI=1S/C16H21N3/c1-3-19(4-2)16-11-9-15(10-12-16)18-14-7-5-13(17)6-8-14/h5-12,18H,3-4,17H2,1-2H3. The zero-order valence-electron chi connectivity index (χ0n) is 11.6. The summed E-state index contributed by atoms with van der Waals surface area (Å²) in [6, 6.07) is 16.2. The number of nitrogen functional groups attached to an aromatic ring is 1. The van der Waals surface area contributed by atoms with E-state index in [0.29, 0.717) is 0 Å². The molecule has 100 valence electrons. The topological polar surface area (TPSA) is 41.3 Å². The lowest BCUT2D eigenvalue weighted by atomic mass is 10.2. The van der Waals surface area contributed by atoms with Gasteiger partial charge >= 0.3 is 0 Å². The second-order valence-corrected chi connectivity index (χ2v) is 4.47. The van der Waals surface area contributed by atoms with Crippen LogP contribution in [-0.4, -0.2) is 13.1 Å². The van der Waals surface area contributed by atoms with Crippen molar-refractivity contribution in [2.24, 2.45) is 0 Å². The summed E-state index contributed by atoms with van der Waals surface area (Å²) in [5.41, 5.74) is 9.84. The Morgan fingerprint density at radius 1 is 0.842 bits per heavy atom. The highest BCUT2D eigenvalue weighted by atomic mass is 15.1. The molecule has 0 heterocycles. The van der Waals surface area contributed by atoms with Crippen LogP contribution in [0.4, 0.5) is 22.7 Å². The van der Waals surface area contributed by atoms with Gasteiger partial charge in [-0.25, -0.2) is 0 Å². The maximum Gasteiger partial charge on any atom is 0.0385 e. The van der Waals surface area contributed by atoms with E-state index in [4.69, 9.17) is 5.73 Å². The third kappa shape index (κ3) is 3.41. The SMILES string of the molecule is CCN(CC)c1ccc(Nc2ccc(N)cc2)cc1. The second-order valence-electron chi connectivity index (χ2n) is 4.47. The van der Waals surface area contributed by atoms with Crippen molar-refractivity contribution in [2.75, 3.05) is 29.0 Å². The molecule has 3 heteroatoms. The van der Waals surface area contributed by atoms with Crippen LogP contribution in [0.1, 0.15) is 13.8 Å². The summed E-state index contributed by atoms with van der Waals surface area (Å²) in [5.74, 6) is 0. The first-order chi connectivity index (χ1) is 9.22. The highest BCUT2D eigenvalue weighted by Gasteiger charge is 2.01. The van der Waals surface area contributed by atoms with Gasteiger partial charge in [0, 0.05) is 35.8 Å². The Bertz CT molecular complexity index is 499. The molecule has 2 aromatic carbocycles. The molecule has 0 unspecified atom stereocenters. The fraction of sp³-hybridized carbons (Fsp3) is 0.250. The van der Waals surface area contributed by atoms with E-state index in [1.54, 1.807) is 0 Å². The van der Waals surface area contributed by atoms with Crippen LogP contribution in [0.15, 0.2) is 48.5 Å². The molecular formula is C16H21N3. The molecule has 2 rings (SSSR count). The number of nitrogens with one attached hydrogen (secondary N) is 1. The van der Waals surface area contributed by atoms with E-state index in [0.717, 1.165) is 30.2 Å². The number of benzene rings is 2. The molecule has 2 aromatic rings. The fourth-order valence-electron chi connectivity index (χ4n) is 2.08. The summed E-state index contributed by atoms with van der Waals surface area (Å²) in [5, 5.41) is 3.36. The maximum absolute atomic E-state index is 5.67. The predicted octanol–water partition coefficient (Wildman–Crippen LogP) is 3.86. The molecule has 0 aliphatic heterocycles. The van der Waals surface area contributed by atoms with Gasteiger partial charge in [0.15, 0.2) is 0 Å². The van der Waals surface area contributed by atoms with Crippen molar-refractivity contribution in [3.63, 3.8) is 0 Å². The highest BCUT2D eigenvalue weighted by molar-refractivity contribution is 5.64. The molecule has 3 N–H and O–H groups in total. The summed E-state index contributed by atoms with van der Waals surface area (Å²) in [6.45, 7) is 6.40. The van der Waals surface area contributed by atoms with Crippen LogP contribution in [0.5, 0.6) is 0 Å². The number of nitrogens with zero attached hydrogens (tertiary/aromatic N) is 1. The van der Waals surface area contributed by atoms with Crippen LogP contribution in [-0.2, 0) is 0 Å². The van der Waals surface area contributed by atoms with Crippen molar-refractivity contribution >= 4 is 22.7 Å². The molecule has 0 aliphatic rings. The summed E-state index contributed by atoms with van der Waals surface area (Å²) in [6.07, 6.45) is 0. The van der Waals surface area contributed by atoms with Gasteiger partial charge in [0.2, 0.25) is 0 Å². The van der Waals surface area contributed by atoms with Crippen molar-refractivity contribution in [3.05, 3.63) is 48.5 Å². The molecule has 0 atom stereocenters. The van der Waals surface area contributed by atoms with Gasteiger partial charge in [-0.2, -0.15) is 0 Å². The lowest BCUT2D eigenvalue weighted by molar-refractivity contribution is 0.866. The molecular weight excluding hydrogens is 234 g/mol. The number of hydrogen-bond acceptors (Lipinski definition) is 3. The monoisotopic (exact) mass is 255 g/mol. The normalized spacial score (nSPS) is 10.2. The molecule has 0 aromatic heterocycles. The number of rotatable bonds is 5. The quantitative estimate of drug-likeness (QED) is 0.797. The van der Waals surface area contributed by atoms with E-state index < -0.39 is 0 Å². The van der Waals surface area contributed by atoms with Crippen LogP contribution in [0, 0.1) is 0 Å². The number of hydrogen-bond donors (Lipinski definition) is 2. The summed E-state index contributed by atoms with van der Waals surface area (Å²) >= 11 is 0. The smallest absolute Gasteiger partial charge is 0.0385 e. The Kier molecular flexibility index (Phi) is 4.29. The fourth-order valence-corrected chi connectivity index (χ4v) is 2.08. The van der Waals surface area contributed by atoms with Crippen LogP contribution in [0.2, 0.25) is 0 Å². The van der Waals surface area contributed by atoms with E-state index in [-0.39, 0.29) is 0 Å². The highest BCUT2D eigenvalue weighted by Crippen LogP contribution is 2.21. The third-order valence-corrected chi connectivity index (χ3v) is 3.20. The molecule has 0 radical (unpaired) electrons. The largest absolute Gasteiger partial charge is 0.399 e. The molecule has 0 spiro atoms. The predicted molar refractivity (Wildman–Crippen MR) is 84.1 cm³/mol. The van der Waals surface area contributed by atoms with E-state index in [2.05, 4.69) is 48.3 Å². The summed E-state index contributed by atoms with van der Waals surface area (Å²) < 4.78 is 0. The van der Waals surface area contributed by atoms with Crippen LogP contribution < -0.4 is 16.0 Å². The van der Waals surface area contributed by atoms with E-state index in [1.807, 2.05) is 24.3 Å². The minimum absolute atomic E-state index is 0.780. The van der Waals surface area contributed by atoms with Gasteiger partial charge < -0.3 is 16.0 Å². The first-order valence-electron chi connectivity index (χ1n) is 6.70. The van der Waals surface area contributed by atoms with Crippen molar-refractivity contribution in [3.8, 4) is 0 Å². The first kappa shape index (κ1) is 13.3. The second kappa shape index (κ2) is 6.14. The third-order valence-electron chi connectivity index (χ3n) is 3.20. The lowest BCUT2D eigenvalue weighted by Gasteiger charge is -2.21. The van der Waals surface area contributed by atoms with E-state index in [9.17, 15) is 0 Å². The van der Waals surface area contributed by atoms with Gasteiger partial charge in [0.1, 0.15) is 0 Å². The first-order valence-corrected chi connectivity index (χ1v) is 6.70. The minimum atomic E-state index is 0.780. The Hall–Kier alpha value is -2.16. The van der Waals surface area contributed by atoms with Crippen molar-refractivity contribution in [1.29, 1.82) is 0 Å². The van der Waals surface area contributed by atoms with Gasteiger partial charge in [-0.15, -0.1) is 0 Å². The number of anilines is 4. The van der Waals surface area contributed by atoms with E-state index in [1.165, 1.54) is 5.69 Å². The number of nitrogens with two attached hydrogens (primary N) is 1. The molecule has 0 fully saturated rings. The Morgan fingerprint density at radius 3 is 1.79 bits per heavy atom. The maximum atomic E-state index is 5.67. The average molecular weight is 255 g/mol. The average Bonchev–Trinajstić information content (AvgIpc) is 2.44. The summed E-state index contributed by atoms with van der Waals surface area (Å²) in [4.78, 5) is 2.33. The van der Waals surface area contributed by atoms with Crippen LogP contribution >= 0.6 is 0 Å². The van der Waals surface area contributed by atoms with Gasteiger partial charge in [0.05, 0.1) is 0 Å². The molecule has 3 nitrogen and oxygen atoms in total. The molecule has 0 saturated carbocycles. The van der Waals surface area contributed by atoms with Crippen molar-refractivity contribution in [2.45, 2.75) is 13.8 Å². The lowest BCUT2D eigenvalue weighted by Crippen LogP contribution is -2.21. The Labute approximate surface area is 115 Å². The van der Waals surface area contributed by atoms with Crippen molar-refractivity contribution < 1.29 is 0 Å². The van der Waals surface area contributed by atoms with Crippen LogP contribution in [0.3, 0.4) is 0 Å². The zero-order chi connectivity index (χ0) is 13.7. The Morgan fingerprint density at radius 2 is 1.32 bits per heavy atom. The van der Waals surface area contributed by atoms with Gasteiger partial charge in [-0.1, -0.05) is 0 Å². The van der Waals surface area contributed by atoms with Gasteiger partial charge in [-0.3, -0.25) is 0 Å². The molecule has 19 heavy (non-hydrogen) atoms. The minimum Gasteiger partial charge on any atom is -0.399 e. The molecule has 0 aliphatic carbocycles. The Balaban J connectivity index is 2.08. The zero-order valence-corrected chi connectivity index (χ0v) is 11.6. The molecule has 0 saturated heterocycles. The van der Waals surface area contributed by atoms with Crippen LogP contribution in [0.25, 0.3) is 0 Å². The molecule has 0 bridgehead atoms. The van der Waals surface area contributed by atoms with Gasteiger partial charge in [-0.05, 0) is 62.4 Å². The summed E-state index contributed by atoms with van der Waals surface area (Å²) in [7, 11) is 0.